The summed E-state index contributed by atoms with van der Waals surface area (Å²) < 4.78 is 6.73. The number of carboxylic acids is 1. The number of hydrogen-bond donors (Lipinski definition) is 1. The number of azo groups is 1. The number of rotatable bonds is 6. The molecule has 0 unspecified atom stereocenters. The first-order valence-electron chi connectivity index (χ1n) is 8.55. The van der Waals surface area contributed by atoms with Gasteiger partial charge < -0.3 is 9.84 Å². The summed E-state index contributed by atoms with van der Waals surface area (Å²) in [6.45, 7) is 0.289. The number of methoxy groups -OCH3 is 1. The smallest absolute Gasteiger partial charge is 0.335 e. The zero-order chi connectivity index (χ0) is 20.2. The molecule has 0 spiro atoms. The first-order valence-corrected chi connectivity index (χ1v) is 8.55. The molecule has 1 aromatic carbocycles. The molecule has 1 N–H and O–H groups in total. The first-order chi connectivity index (χ1) is 14.2. The standard InChI is InChI=1S/C19H15N7O3/c1-29-16-4-2-3-15(24-16)26-18-14(10-23-26)17(20-11-21-18)25-22-9-12-5-7-13(8-6-12)19(27)28/h2-8,10-11H,9H2,1H3,(H,27,28). The Morgan fingerprint density at radius 3 is 2.76 bits per heavy atom. The van der Waals surface area contributed by atoms with Gasteiger partial charge in [-0.25, -0.2) is 14.8 Å². The molecule has 29 heavy (non-hydrogen) atoms. The second kappa shape index (κ2) is 7.80. The number of pyridine rings is 1. The quantitative estimate of drug-likeness (QED) is 0.501. The van der Waals surface area contributed by atoms with Gasteiger partial charge in [0.15, 0.2) is 17.3 Å². The van der Waals surface area contributed by atoms with Gasteiger partial charge in [0.05, 0.1) is 30.8 Å². The van der Waals surface area contributed by atoms with Crippen LogP contribution in [-0.2, 0) is 6.54 Å². The molecule has 0 amide bonds. The summed E-state index contributed by atoms with van der Waals surface area (Å²) in [7, 11) is 1.54. The molecule has 0 atom stereocenters. The zero-order valence-electron chi connectivity index (χ0n) is 15.3. The maximum Gasteiger partial charge on any atom is 0.335 e. The lowest BCUT2D eigenvalue weighted by Gasteiger charge is -2.04. The van der Waals surface area contributed by atoms with Crippen LogP contribution in [0.3, 0.4) is 0 Å². The molecule has 0 radical (unpaired) electrons. The predicted molar refractivity (Wildman–Crippen MR) is 103 cm³/mol. The van der Waals surface area contributed by atoms with Crippen molar-refractivity contribution in [2.24, 2.45) is 10.2 Å². The number of aromatic nitrogens is 5. The topological polar surface area (TPSA) is 128 Å². The van der Waals surface area contributed by atoms with Gasteiger partial charge in [0.25, 0.3) is 0 Å². The normalized spacial score (nSPS) is 11.2. The molecule has 0 aliphatic rings. The molecular weight excluding hydrogens is 374 g/mol. The Kier molecular flexibility index (Phi) is 4.89. The van der Waals surface area contributed by atoms with E-state index in [0.717, 1.165) is 5.56 Å². The predicted octanol–water partition coefficient (Wildman–Crippen LogP) is 3.20. The van der Waals surface area contributed by atoms with E-state index >= 15 is 0 Å². The van der Waals surface area contributed by atoms with Crippen LogP contribution in [0, 0.1) is 0 Å². The zero-order valence-corrected chi connectivity index (χ0v) is 15.3. The van der Waals surface area contributed by atoms with Crippen LogP contribution in [0.2, 0.25) is 0 Å². The lowest BCUT2D eigenvalue weighted by molar-refractivity contribution is 0.0697. The maximum atomic E-state index is 10.9. The van der Waals surface area contributed by atoms with Crippen LogP contribution in [0.5, 0.6) is 5.88 Å². The molecule has 10 nitrogen and oxygen atoms in total. The van der Waals surface area contributed by atoms with E-state index in [0.29, 0.717) is 28.5 Å². The van der Waals surface area contributed by atoms with Gasteiger partial charge in [-0.05, 0) is 23.8 Å². The number of nitrogens with zero attached hydrogens (tertiary/aromatic N) is 7. The van der Waals surface area contributed by atoms with E-state index < -0.39 is 5.97 Å². The number of ether oxygens (including phenoxy) is 1. The Hall–Kier alpha value is -4.21. The van der Waals surface area contributed by atoms with Crippen LogP contribution in [-0.4, -0.2) is 42.9 Å². The average Bonchev–Trinajstić information content (AvgIpc) is 3.19. The van der Waals surface area contributed by atoms with Gasteiger partial charge in [0, 0.05) is 6.07 Å². The van der Waals surface area contributed by atoms with Gasteiger partial charge in [-0.1, -0.05) is 18.2 Å². The second-order valence-corrected chi connectivity index (χ2v) is 5.93. The molecule has 0 saturated carbocycles. The molecule has 0 fully saturated rings. The van der Waals surface area contributed by atoms with Gasteiger partial charge in [-0.15, -0.1) is 5.11 Å². The lowest BCUT2D eigenvalue weighted by atomic mass is 10.1. The van der Waals surface area contributed by atoms with E-state index in [1.165, 1.54) is 18.5 Å². The van der Waals surface area contributed by atoms with E-state index in [1.54, 1.807) is 42.3 Å². The number of aromatic carboxylic acids is 1. The van der Waals surface area contributed by atoms with E-state index in [4.69, 9.17) is 9.84 Å². The maximum absolute atomic E-state index is 10.9. The highest BCUT2D eigenvalue weighted by Gasteiger charge is 2.12. The Balaban J connectivity index is 1.59. The van der Waals surface area contributed by atoms with E-state index in [-0.39, 0.29) is 12.1 Å². The molecule has 0 aliphatic carbocycles. The van der Waals surface area contributed by atoms with Gasteiger partial charge in [0.1, 0.15) is 6.33 Å². The van der Waals surface area contributed by atoms with E-state index in [9.17, 15) is 4.79 Å². The van der Waals surface area contributed by atoms with Crippen molar-refractivity contribution in [2.75, 3.05) is 7.11 Å². The van der Waals surface area contributed by atoms with Gasteiger partial charge in [-0.2, -0.15) is 19.9 Å². The van der Waals surface area contributed by atoms with E-state index in [2.05, 4.69) is 30.3 Å². The third-order valence-corrected chi connectivity index (χ3v) is 4.10. The van der Waals surface area contributed by atoms with Gasteiger partial charge in [-0.3, -0.25) is 0 Å². The lowest BCUT2D eigenvalue weighted by Crippen LogP contribution is -2.01. The van der Waals surface area contributed by atoms with Crippen molar-refractivity contribution in [3.05, 3.63) is 66.1 Å². The van der Waals surface area contributed by atoms with Crippen molar-refractivity contribution in [3.63, 3.8) is 0 Å². The number of benzene rings is 1. The third-order valence-electron chi connectivity index (χ3n) is 4.10. The molecule has 144 valence electrons. The van der Waals surface area contributed by atoms with Crippen molar-refractivity contribution in [1.29, 1.82) is 0 Å². The van der Waals surface area contributed by atoms with Gasteiger partial charge >= 0.3 is 5.97 Å². The summed E-state index contributed by atoms with van der Waals surface area (Å²) in [5.74, 6) is 0.434. The Labute approximate surface area is 164 Å². The summed E-state index contributed by atoms with van der Waals surface area (Å²) >= 11 is 0. The Bertz CT molecular complexity index is 1200. The van der Waals surface area contributed by atoms with Crippen molar-refractivity contribution in [2.45, 2.75) is 6.54 Å². The van der Waals surface area contributed by atoms with Crippen LogP contribution in [0.25, 0.3) is 16.9 Å². The van der Waals surface area contributed by atoms with E-state index in [1.807, 2.05) is 6.07 Å². The minimum absolute atomic E-state index is 0.224. The number of hydrogen-bond acceptors (Lipinski definition) is 8. The number of carbonyl (C=O) groups is 1. The highest BCUT2D eigenvalue weighted by Crippen LogP contribution is 2.24. The monoisotopic (exact) mass is 389 g/mol. The average molecular weight is 389 g/mol. The molecular formula is C19H15N7O3. The SMILES string of the molecule is COc1cccc(-n2ncc3c(N=NCc4ccc(C(=O)O)cc4)ncnc32)n1. The fourth-order valence-electron chi connectivity index (χ4n) is 2.65. The Morgan fingerprint density at radius 2 is 2.00 bits per heavy atom. The third kappa shape index (κ3) is 3.76. The first kappa shape index (κ1) is 18.2. The van der Waals surface area contributed by atoms with Crippen molar-refractivity contribution in [3.8, 4) is 11.7 Å². The van der Waals surface area contributed by atoms with Crippen LogP contribution >= 0.6 is 0 Å². The number of fused-ring (bicyclic) bond motifs is 1. The summed E-state index contributed by atoms with van der Waals surface area (Å²) in [4.78, 5) is 23.7. The minimum atomic E-state index is -0.968. The van der Waals surface area contributed by atoms with Crippen LogP contribution in [0.4, 0.5) is 5.82 Å². The van der Waals surface area contributed by atoms with Crippen molar-refractivity contribution >= 4 is 22.8 Å². The van der Waals surface area contributed by atoms with Crippen molar-refractivity contribution < 1.29 is 14.6 Å². The molecule has 4 rings (SSSR count). The van der Waals surface area contributed by atoms with Crippen LogP contribution in [0.1, 0.15) is 15.9 Å². The van der Waals surface area contributed by atoms with Gasteiger partial charge in [0.2, 0.25) is 5.88 Å². The minimum Gasteiger partial charge on any atom is -0.481 e. The molecule has 0 aliphatic heterocycles. The van der Waals surface area contributed by atoms with Crippen molar-refractivity contribution in [1.82, 2.24) is 24.7 Å². The van der Waals surface area contributed by atoms with Crippen LogP contribution < -0.4 is 4.74 Å². The summed E-state index contributed by atoms with van der Waals surface area (Å²) in [6.07, 6.45) is 2.99. The highest BCUT2D eigenvalue weighted by atomic mass is 16.5. The summed E-state index contributed by atoms with van der Waals surface area (Å²) in [5, 5.41) is 22.2. The summed E-state index contributed by atoms with van der Waals surface area (Å²) in [6, 6.07) is 11.8. The molecule has 3 heterocycles. The Morgan fingerprint density at radius 1 is 1.17 bits per heavy atom. The molecule has 4 aromatic rings. The fraction of sp³-hybridized carbons (Fsp3) is 0.105. The molecule has 0 bridgehead atoms. The second-order valence-electron chi connectivity index (χ2n) is 5.93. The molecule has 0 saturated heterocycles. The molecule has 3 aromatic heterocycles. The largest absolute Gasteiger partial charge is 0.481 e. The molecule has 10 heteroatoms. The van der Waals surface area contributed by atoms with Crippen LogP contribution in [0.15, 0.2) is 65.2 Å². The summed E-state index contributed by atoms with van der Waals surface area (Å²) in [5.41, 5.74) is 1.60. The fourth-order valence-corrected chi connectivity index (χ4v) is 2.65. The number of carboxylic acid groups (broad SMARTS) is 1. The highest BCUT2D eigenvalue weighted by molar-refractivity contribution is 5.87.